The molecule has 1 rings (SSSR count). The second kappa shape index (κ2) is 7.06. The van der Waals surface area contributed by atoms with Gasteiger partial charge in [-0.1, -0.05) is 24.2 Å². The van der Waals surface area contributed by atoms with Crippen LogP contribution in [-0.2, 0) is 0 Å². The third kappa shape index (κ3) is 3.85. The van der Waals surface area contributed by atoms with Crippen LogP contribution in [-0.4, -0.2) is 36.1 Å². The number of nitrogens with two attached hydrogens (primary N) is 1. The number of thioether (sulfide) groups is 1. The van der Waals surface area contributed by atoms with E-state index < -0.39 is 0 Å². The lowest BCUT2D eigenvalue weighted by Gasteiger charge is -2.21. The van der Waals surface area contributed by atoms with E-state index in [2.05, 4.69) is 17.0 Å². The molecule has 17 heavy (non-hydrogen) atoms. The van der Waals surface area contributed by atoms with Gasteiger partial charge in [0.15, 0.2) is 5.84 Å². The normalized spacial score (nSPS) is 11.5. The topological polar surface area (TPSA) is 61.8 Å². The average Bonchev–Trinajstić information content (AvgIpc) is 2.38. The van der Waals surface area contributed by atoms with Gasteiger partial charge in [-0.2, -0.15) is 11.8 Å². The van der Waals surface area contributed by atoms with Gasteiger partial charge in [-0.25, -0.2) is 0 Å². The maximum atomic E-state index is 8.75. The Bertz CT molecular complexity index is 382. The number of amidine groups is 1. The first-order valence-electron chi connectivity index (χ1n) is 5.56. The highest BCUT2D eigenvalue weighted by atomic mass is 32.2. The summed E-state index contributed by atoms with van der Waals surface area (Å²) in [6, 6.07) is 7.66. The standard InChI is InChI=1S/C12H19N3OS/c1-3-17-9-8-15(2)11-7-5-4-6-10(11)12(13)14-16/h4-7,16H,3,8-9H2,1-2H3,(H2,13,14). The van der Waals surface area contributed by atoms with Gasteiger partial charge in [0.05, 0.1) is 0 Å². The lowest BCUT2D eigenvalue weighted by molar-refractivity contribution is 0.318. The number of benzene rings is 1. The zero-order valence-electron chi connectivity index (χ0n) is 10.3. The van der Waals surface area contributed by atoms with Crippen molar-refractivity contribution in [3.63, 3.8) is 0 Å². The number of para-hydroxylation sites is 1. The summed E-state index contributed by atoms with van der Waals surface area (Å²) >= 11 is 1.90. The molecule has 4 nitrogen and oxygen atoms in total. The van der Waals surface area contributed by atoms with E-state index in [0.717, 1.165) is 29.3 Å². The van der Waals surface area contributed by atoms with Gasteiger partial charge in [0.1, 0.15) is 0 Å². The third-order valence-corrected chi connectivity index (χ3v) is 3.35. The quantitative estimate of drug-likeness (QED) is 0.267. The SMILES string of the molecule is CCSCCN(C)c1ccccc1/C(N)=N/O. The van der Waals surface area contributed by atoms with E-state index in [1.165, 1.54) is 0 Å². The van der Waals surface area contributed by atoms with Crippen molar-refractivity contribution in [1.29, 1.82) is 0 Å². The van der Waals surface area contributed by atoms with Crippen LogP contribution in [0.15, 0.2) is 29.4 Å². The van der Waals surface area contributed by atoms with E-state index >= 15 is 0 Å². The lowest BCUT2D eigenvalue weighted by Crippen LogP contribution is -2.24. The molecule has 0 saturated carbocycles. The third-order valence-electron chi connectivity index (χ3n) is 2.47. The molecule has 0 spiro atoms. The minimum absolute atomic E-state index is 0.149. The van der Waals surface area contributed by atoms with Gasteiger partial charge in [0.2, 0.25) is 0 Å². The molecule has 0 unspecified atom stereocenters. The number of hydrogen-bond donors (Lipinski definition) is 2. The van der Waals surface area contributed by atoms with Crippen LogP contribution in [0.1, 0.15) is 12.5 Å². The van der Waals surface area contributed by atoms with Crippen LogP contribution < -0.4 is 10.6 Å². The van der Waals surface area contributed by atoms with Gasteiger partial charge in [-0.05, 0) is 17.9 Å². The van der Waals surface area contributed by atoms with Gasteiger partial charge in [0, 0.05) is 30.6 Å². The maximum Gasteiger partial charge on any atom is 0.172 e. The molecule has 94 valence electrons. The van der Waals surface area contributed by atoms with Crippen molar-refractivity contribution in [2.75, 3.05) is 30.0 Å². The number of anilines is 1. The van der Waals surface area contributed by atoms with E-state index in [9.17, 15) is 0 Å². The average molecular weight is 253 g/mol. The number of nitrogens with zero attached hydrogens (tertiary/aromatic N) is 2. The Labute approximate surface area is 106 Å². The lowest BCUT2D eigenvalue weighted by atomic mass is 10.1. The van der Waals surface area contributed by atoms with E-state index in [4.69, 9.17) is 10.9 Å². The predicted molar refractivity (Wildman–Crippen MR) is 75.2 cm³/mol. The summed E-state index contributed by atoms with van der Waals surface area (Å²) in [5.74, 6) is 2.34. The van der Waals surface area contributed by atoms with Crippen LogP contribution in [0, 0.1) is 0 Å². The van der Waals surface area contributed by atoms with Gasteiger partial charge in [-0.3, -0.25) is 0 Å². The number of rotatable bonds is 6. The van der Waals surface area contributed by atoms with Crippen LogP contribution in [0.2, 0.25) is 0 Å². The Balaban J connectivity index is 2.82. The molecule has 0 aromatic heterocycles. The first-order chi connectivity index (χ1) is 8.20. The minimum Gasteiger partial charge on any atom is -0.409 e. The number of oxime groups is 1. The van der Waals surface area contributed by atoms with Gasteiger partial charge < -0.3 is 15.8 Å². The van der Waals surface area contributed by atoms with Crippen LogP contribution in [0.4, 0.5) is 5.69 Å². The smallest absolute Gasteiger partial charge is 0.172 e. The highest BCUT2D eigenvalue weighted by Gasteiger charge is 2.09. The molecule has 0 fully saturated rings. The molecule has 1 aromatic rings. The van der Waals surface area contributed by atoms with E-state index in [0.29, 0.717) is 0 Å². The molecule has 5 heteroatoms. The Morgan fingerprint density at radius 1 is 1.47 bits per heavy atom. The van der Waals surface area contributed by atoms with Gasteiger partial charge in [0.25, 0.3) is 0 Å². The summed E-state index contributed by atoms with van der Waals surface area (Å²) in [7, 11) is 2.01. The summed E-state index contributed by atoms with van der Waals surface area (Å²) in [5.41, 5.74) is 7.40. The molecule has 0 bridgehead atoms. The molecule has 0 amide bonds. The van der Waals surface area contributed by atoms with Crippen LogP contribution in [0.25, 0.3) is 0 Å². The summed E-state index contributed by atoms with van der Waals surface area (Å²) in [5, 5.41) is 11.8. The Morgan fingerprint density at radius 2 is 2.18 bits per heavy atom. The Kier molecular flexibility index (Phi) is 5.69. The molecule has 0 heterocycles. The molecule has 0 radical (unpaired) electrons. The summed E-state index contributed by atoms with van der Waals surface area (Å²) in [6.45, 7) is 3.09. The van der Waals surface area contributed by atoms with Crippen molar-refractivity contribution in [3.05, 3.63) is 29.8 Å². The highest BCUT2D eigenvalue weighted by Crippen LogP contribution is 2.19. The fourth-order valence-electron chi connectivity index (χ4n) is 1.54. The van der Waals surface area contributed by atoms with Crippen molar-refractivity contribution in [1.82, 2.24) is 0 Å². The van der Waals surface area contributed by atoms with E-state index in [-0.39, 0.29) is 5.84 Å². The Hall–Kier alpha value is -1.36. The van der Waals surface area contributed by atoms with E-state index in [1.54, 1.807) is 0 Å². The van der Waals surface area contributed by atoms with Crippen LogP contribution >= 0.6 is 11.8 Å². The Morgan fingerprint density at radius 3 is 2.82 bits per heavy atom. The predicted octanol–water partition coefficient (Wildman–Crippen LogP) is 1.97. The molecule has 1 aromatic carbocycles. The van der Waals surface area contributed by atoms with Crippen molar-refractivity contribution in [2.24, 2.45) is 10.9 Å². The van der Waals surface area contributed by atoms with E-state index in [1.807, 2.05) is 43.1 Å². The first kappa shape index (κ1) is 13.7. The van der Waals surface area contributed by atoms with Crippen molar-refractivity contribution in [2.45, 2.75) is 6.92 Å². The largest absolute Gasteiger partial charge is 0.409 e. The fourth-order valence-corrected chi connectivity index (χ4v) is 2.23. The second-order valence-electron chi connectivity index (χ2n) is 3.62. The highest BCUT2D eigenvalue weighted by molar-refractivity contribution is 7.99. The summed E-state index contributed by atoms with van der Waals surface area (Å²) in [4.78, 5) is 2.12. The molecule has 0 atom stereocenters. The minimum atomic E-state index is 0.149. The maximum absolute atomic E-state index is 8.75. The van der Waals surface area contributed by atoms with Gasteiger partial charge in [-0.15, -0.1) is 0 Å². The summed E-state index contributed by atoms with van der Waals surface area (Å²) < 4.78 is 0. The van der Waals surface area contributed by atoms with Crippen molar-refractivity contribution in [3.8, 4) is 0 Å². The second-order valence-corrected chi connectivity index (χ2v) is 5.01. The fraction of sp³-hybridized carbons (Fsp3) is 0.417. The van der Waals surface area contributed by atoms with Crippen LogP contribution in [0.5, 0.6) is 0 Å². The van der Waals surface area contributed by atoms with Crippen molar-refractivity contribution < 1.29 is 5.21 Å². The molecular weight excluding hydrogens is 234 g/mol. The molecule has 0 aliphatic rings. The van der Waals surface area contributed by atoms with Crippen LogP contribution in [0.3, 0.4) is 0 Å². The van der Waals surface area contributed by atoms with Gasteiger partial charge >= 0.3 is 0 Å². The zero-order chi connectivity index (χ0) is 12.7. The number of hydrogen-bond acceptors (Lipinski definition) is 4. The summed E-state index contributed by atoms with van der Waals surface area (Å²) in [6.07, 6.45) is 0. The monoisotopic (exact) mass is 253 g/mol. The first-order valence-corrected chi connectivity index (χ1v) is 6.72. The molecule has 3 N–H and O–H groups in total. The zero-order valence-corrected chi connectivity index (χ0v) is 11.1. The molecule has 0 aliphatic carbocycles. The molecule has 0 saturated heterocycles. The molecule has 0 aliphatic heterocycles. The van der Waals surface area contributed by atoms with Crippen molar-refractivity contribution >= 4 is 23.3 Å². The molecular formula is C12H19N3OS.